The summed E-state index contributed by atoms with van der Waals surface area (Å²) in [6.07, 6.45) is 3.03. The van der Waals surface area contributed by atoms with E-state index in [0.29, 0.717) is 36.2 Å². The minimum atomic E-state index is -0.452. The number of carbonyl (C=O) groups excluding carboxylic acids is 1. The third-order valence-corrected chi connectivity index (χ3v) is 4.16. The number of nitro benzene ring substituents is 1. The predicted octanol–water partition coefficient (Wildman–Crippen LogP) is 3.19. The molecule has 0 amide bonds. The molecule has 0 heterocycles. The summed E-state index contributed by atoms with van der Waals surface area (Å²) in [5.74, 6) is 0.336. The molecule has 1 aromatic rings. The largest absolute Gasteiger partial charge is 0.300 e. The number of nitro groups is 1. The first-order chi connectivity index (χ1) is 9.47. The van der Waals surface area contributed by atoms with Crippen LogP contribution >= 0.6 is 11.6 Å². The summed E-state index contributed by atoms with van der Waals surface area (Å²) < 4.78 is 0. The maximum Gasteiger partial charge on any atom is 0.270 e. The summed E-state index contributed by atoms with van der Waals surface area (Å²) in [4.78, 5) is 23.6. The van der Waals surface area contributed by atoms with Gasteiger partial charge in [0.15, 0.2) is 0 Å². The fraction of sp³-hybridized carbons (Fsp3) is 0.500. The van der Waals surface area contributed by atoms with Gasteiger partial charge in [0.05, 0.1) is 9.95 Å². The second-order valence-corrected chi connectivity index (χ2v) is 5.62. The molecule has 0 unspecified atom stereocenters. The van der Waals surface area contributed by atoms with Gasteiger partial charge >= 0.3 is 0 Å². The van der Waals surface area contributed by atoms with E-state index in [1.54, 1.807) is 6.07 Å². The number of benzene rings is 1. The molecule has 20 heavy (non-hydrogen) atoms. The number of hydrogen-bond donors (Lipinski definition) is 0. The van der Waals surface area contributed by atoms with Crippen LogP contribution in [0.4, 0.5) is 5.69 Å². The van der Waals surface area contributed by atoms with E-state index in [2.05, 4.69) is 4.90 Å². The van der Waals surface area contributed by atoms with Gasteiger partial charge in [-0.15, -0.1) is 0 Å². The van der Waals surface area contributed by atoms with E-state index in [-0.39, 0.29) is 5.69 Å². The maximum absolute atomic E-state index is 11.2. The zero-order valence-corrected chi connectivity index (χ0v) is 12.1. The molecule has 5 nitrogen and oxygen atoms in total. The highest BCUT2D eigenvalue weighted by Gasteiger charge is 2.22. The lowest BCUT2D eigenvalue weighted by atomic mass is 9.93. The molecule has 1 saturated carbocycles. The lowest BCUT2D eigenvalue weighted by molar-refractivity contribution is -0.384. The van der Waals surface area contributed by atoms with Gasteiger partial charge in [0.2, 0.25) is 0 Å². The molecule has 0 aromatic heterocycles. The van der Waals surface area contributed by atoms with Crippen LogP contribution in [0.25, 0.3) is 0 Å². The number of non-ortho nitro benzene ring substituents is 1. The zero-order chi connectivity index (χ0) is 14.7. The van der Waals surface area contributed by atoms with Crippen LogP contribution in [0.15, 0.2) is 18.2 Å². The first-order valence-electron chi connectivity index (χ1n) is 6.62. The molecule has 2 rings (SSSR count). The molecule has 1 aromatic carbocycles. The van der Waals surface area contributed by atoms with Gasteiger partial charge in [-0.05, 0) is 31.5 Å². The molecule has 0 N–H and O–H groups in total. The highest BCUT2D eigenvalue weighted by molar-refractivity contribution is 6.31. The van der Waals surface area contributed by atoms with Crippen molar-refractivity contribution in [3.05, 3.63) is 38.9 Å². The van der Waals surface area contributed by atoms with Gasteiger partial charge < -0.3 is 0 Å². The summed E-state index contributed by atoms with van der Waals surface area (Å²) in [5.41, 5.74) is 0.876. The van der Waals surface area contributed by atoms with E-state index in [4.69, 9.17) is 11.6 Å². The molecule has 1 aliphatic rings. The first-order valence-corrected chi connectivity index (χ1v) is 7.00. The fourth-order valence-electron chi connectivity index (χ4n) is 2.54. The Kier molecular flexibility index (Phi) is 4.73. The molecule has 0 aliphatic heterocycles. The third-order valence-electron chi connectivity index (χ3n) is 3.80. The van der Waals surface area contributed by atoms with E-state index >= 15 is 0 Å². The van der Waals surface area contributed by atoms with E-state index in [0.717, 1.165) is 18.4 Å². The Bertz CT molecular complexity index is 523. The standard InChI is InChI=1S/C14H17ClN2O3/c1-16(11-4-6-13(18)7-5-11)9-10-2-3-12(17(19)20)8-14(10)15/h2-3,8,11H,4-7,9H2,1H3. The highest BCUT2D eigenvalue weighted by atomic mass is 35.5. The van der Waals surface area contributed by atoms with Crippen LogP contribution in [0.3, 0.4) is 0 Å². The molecule has 108 valence electrons. The minimum Gasteiger partial charge on any atom is -0.300 e. The quantitative estimate of drug-likeness (QED) is 0.632. The number of ketones is 1. The van der Waals surface area contributed by atoms with Gasteiger partial charge in [0.25, 0.3) is 5.69 Å². The van der Waals surface area contributed by atoms with Crippen molar-refractivity contribution < 1.29 is 9.72 Å². The molecule has 1 aliphatic carbocycles. The molecule has 0 atom stereocenters. The van der Waals surface area contributed by atoms with Gasteiger partial charge in [-0.2, -0.15) is 0 Å². The van der Waals surface area contributed by atoms with Crippen molar-refractivity contribution in [2.75, 3.05) is 7.05 Å². The monoisotopic (exact) mass is 296 g/mol. The topological polar surface area (TPSA) is 63.4 Å². The van der Waals surface area contributed by atoms with Crippen molar-refractivity contribution in [3.8, 4) is 0 Å². The van der Waals surface area contributed by atoms with Crippen LogP contribution in [-0.4, -0.2) is 28.7 Å². The van der Waals surface area contributed by atoms with Crippen molar-refractivity contribution in [2.45, 2.75) is 38.3 Å². The Morgan fingerprint density at radius 1 is 1.40 bits per heavy atom. The molecule has 6 heteroatoms. The Morgan fingerprint density at radius 2 is 2.05 bits per heavy atom. The van der Waals surface area contributed by atoms with Crippen molar-refractivity contribution in [1.82, 2.24) is 4.90 Å². The lowest BCUT2D eigenvalue weighted by Gasteiger charge is -2.30. The molecule has 0 bridgehead atoms. The van der Waals surface area contributed by atoms with Gasteiger partial charge in [0, 0.05) is 37.6 Å². The smallest absolute Gasteiger partial charge is 0.270 e. The zero-order valence-electron chi connectivity index (χ0n) is 11.3. The molecular formula is C14H17ClN2O3. The van der Waals surface area contributed by atoms with Gasteiger partial charge in [-0.25, -0.2) is 0 Å². The summed E-state index contributed by atoms with van der Waals surface area (Å²) in [6.45, 7) is 0.635. The van der Waals surface area contributed by atoms with E-state index in [1.807, 2.05) is 7.05 Å². The Labute approximate surface area is 122 Å². The van der Waals surface area contributed by atoms with Crippen LogP contribution < -0.4 is 0 Å². The van der Waals surface area contributed by atoms with Crippen molar-refractivity contribution in [1.29, 1.82) is 0 Å². The number of Topliss-reactive ketones (excluding diaryl/α,β-unsaturated/α-hetero) is 1. The lowest BCUT2D eigenvalue weighted by Crippen LogP contribution is -2.34. The number of nitrogens with zero attached hydrogens (tertiary/aromatic N) is 2. The molecular weight excluding hydrogens is 280 g/mol. The Morgan fingerprint density at radius 3 is 2.60 bits per heavy atom. The van der Waals surface area contributed by atoms with Gasteiger partial charge in [0.1, 0.15) is 5.78 Å². The predicted molar refractivity (Wildman–Crippen MR) is 76.8 cm³/mol. The number of rotatable bonds is 4. The number of carbonyl (C=O) groups is 1. The van der Waals surface area contributed by atoms with E-state index in [9.17, 15) is 14.9 Å². The summed E-state index contributed by atoms with van der Waals surface area (Å²) in [6, 6.07) is 4.93. The SMILES string of the molecule is CN(Cc1ccc([N+](=O)[O-])cc1Cl)C1CCC(=O)CC1. The van der Waals surface area contributed by atoms with Crippen molar-refractivity contribution in [2.24, 2.45) is 0 Å². The number of halogens is 1. The minimum absolute atomic E-state index is 0.00432. The van der Waals surface area contributed by atoms with Crippen LogP contribution in [0.1, 0.15) is 31.2 Å². The van der Waals surface area contributed by atoms with E-state index in [1.165, 1.54) is 12.1 Å². The first kappa shape index (κ1) is 14.9. The van der Waals surface area contributed by atoms with Crippen LogP contribution in [0, 0.1) is 10.1 Å². The van der Waals surface area contributed by atoms with Crippen LogP contribution in [0.5, 0.6) is 0 Å². The molecule has 0 spiro atoms. The van der Waals surface area contributed by atoms with E-state index < -0.39 is 4.92 Å². The second-order valence-electron chi connectivity index (χ2n) is 5.22. The van der Waals surface area contributed by atoms with Gasteiger partial charge in [-0.1, -0.05) is 11.6 Å². The molecule has 0 radical (unpaired) electrons. The normalized spacial score (nSPS) is 16.6. The Balaban J connectivity index is 2.02. The van der Waals surface area contributed by atoms with Crippen LogP contribution in [0.2, 0.25) is 5.02 Å². The summed E-state index contributed by atoms with van der Waals surface area (Å²) in [5, 5.41) is 11.1. The maximum atomic E-state index is 11.2. The van der Waals surface area contributed by atoms with Crippen molar-refractivity contribution in [3.63, 3.8) is 0 Å². The molecule has 1 fully saturated rings. The third kappa shape index (κ3) is 3.55. The van der Waals surface area contributed by atoms with Gasteiger partial charge in [-0.3, -0.25) is 19.8 Å². The van der Waals surface area contributed by atoms with Crippen molar-refractivity contribution >= 4 is 23.1 Å². The number of hydrogen-bond acceptors (Lipinski definition) is 4. The highest BCUT2D eigenvalue weighted by Crippen LogP contribution is 2.26. The second kappa shape index (κ2) is 6.33. The fourth-order valence-corrected chi connectivity index (χ4v) is 2.78. The molecule has 0 saturated heterocycles. The average Bonchev–Trinajstić information content (AvgIpc) is 2.41. The summed E-state index contributed by atoms with van der Waals surface area (Å²) in [7, 11) is 2.00. The Hall–Kier alpha value is -1.46. The average molecular weight is 297 g/mol. The summed E-state index contributed by atoms with van der Waals surface area (Å²) >= 11 is 6.09. The van der Waals surface area contributed by atoms with Crippen LogP contribution in [-0.2, 0) is 11.3 Å².